The van der Waals surface area contributed by atoms with Gasteiger partial charge in [-0.05, 0) is 40.5 Å². The average molecular weight is 491 g/mol. The predicted molar refractivity (Wildman–Crippen MR) is 115 cm³/mol. The van der Waals surface area contributed by atoms with Gasteiger partial charge in [0.1, 0.15) is 6.04 Å². The maximum atomic E-state index is 13.6. The van der Waals surface area contributed by atoms with Gasteiger partial charge in [-0.1, -0.05) is 22.9 Å². The number of hydrogen-bond acceptors (Lipinski definition) is 6. The summed E-state index contributed by atoms with van der Waals surface area (Å²) < 4.78 is 4.61. The van der Waals surface area contributed by atoms with Gasteiger partial charge in [0.25, 0.3) is 0 Å². The fourth-order valence-electron chi connectivity index (χ4n) is 5.12. The molecule has 2 bridgehead atoms. The number of thioether (sulfide) groups is 1. The lowest BCUT2D eigenvalue weighted by molar-refractivity contribution is -0.154. The van der Waals surface area contributed by atoms with Crippen LogP contribution in [0.4, 0.5) is 0 Å². The van der Waals surface area contributed by atoms with Crippen molar-refractivity contribution in [2.45, 2.75) is 79.9 Å². The number of carbonyl (C=O) groups is 3. The van der Waals surface area contributed by atoms with E-state index in [0.29, 0.717) is 12.8 Å². The summed E-state index contributed by atoms with van der Waals surface area (Å²) in [6, 6.07) is -1.19. The summed E-state index contributed by atoms with van der Waals surface area (Å²) in [4.78, 5) is 41.5. The molecule has 164 valence electrons. The molecule has 3 unspecified atom stereocenters. The van der Waals surface area contributed by atoms with Crippen molar-refractivity contribution in [3.63, 3.8) is 0 Å². The Morgan fingerprint density at radius 1 is 1.41 bits per heavy atom. The molecule has 0 aromatic rings. The Morgan fingerprint density at radius 2 is 2.07 bits per heavy atom. The van der Waals surface area contributed by atoms with Crippen molar-refractivity contribution >= 4 is 45.5 Å². The topological polar surface area (TPSA) is 95.9 Å². The molecule has 0 radical (unpaired) electrons. The van der Waals surface area contributed by atoms with Crippen molar-refractivity contribution < 1.29 is 24.2 Å². The molecule has 0 aliphatic carbocycles. The van der Waals surface area contributed by atoms with Crippen molar-refractivity contribution in [2.75, 3.05) is 13.2 Å². The summed E-state index contributed by atoms with van der Waals surface area (Å²) in [6.45, 7) is 9.37. The zero-order chi connectivity index (χ0) is 21.7. The highest BCUT2D eigenvalue weighted by Gasteiger charge is 2.76. The molecule has 2 N–H and O–H groups in total. The number of nitrogens with zero attached hydrogens (tertiary/aromatic N) is 1. The highest BCUT2D eigenvalue weighted by atomic mass is 79.9. The number of rotatable bonds is 6. The number of aliphatic hydroxyl groups is 1. The number of hydrogen-bond donors (Lipinski definition) is 2. The third kappa shape index (κ3) is 3.61. The van der Waals surface area contributed by atoms with Crippen LogP contribution in [0, 0.1) is 11.8 Å². The number of alkyl halides is 1. The molecule has 0 saturated carbocycles. The SMILES string of the molecule is CCOC(=O)[C@H]1[C@@H]2SC3(CC2Br)C(C(=O)NC(C)(C)C)N([C@@H](CC)CO)C(=O)[C@H]13. The van der Waals surface area contributed by atoms with E-state index in [0.717, 1.165) is 0 Å². The van der Waals surface area contributed by atoms with Gasteiger partial charge in [0.05, 0.1) is 35.8 Å². The number of fused-ring (bicyclic) bond motifs is 1. The highest BCUT2D eigenvalue weighted by molar-refractivity contribution is 9.09. The summed E-state index contributed by atoms with van der Waals surface area (Å²) in [5.41, 5.74) is -0.461. The van der Waals surface area contributed by atoms with Crippen LogP contribution in [0.2, 0.25) is 0 Å². The minimum absolute atomic E-state index is 0.0186. The Kier molecular flexibility index (Phi) is 6.34. The molecule has 3 fully saturated rings. The smallest absolute Gasteiger partial charge is 0.310 e. The number of likely N-dealkylation sites (tertiary alicyclic amines) is 1. The third-order valence-corrected chi connectivity index (χ3v) is 9.33. The molecular weight excluding hydrogens is 460 g/mol. The van der Waals surface area contributed by atoms with Crippen molar-refractivity contribution in [1.82, 2.24) is 10.2 Å². The van der Waals surface area contributed by atoms with Crippen LogP contribution in [0.15, 0.2) is 0 Å². The molecule has 7 atom stereocenters. The molecule has 29 heavy (non-hydrogen) atoms. The first kappa shape index (κ1) is 22.9. The second-order valence-corrected chi connectivity index (χ2v) is 11.9. The molecule has 3 heterocycles. The van der Waals surface area contributed by atoms with E-state index in [9.17, 15) is 19.5 Å². The number of amides is 2. The Balaban J connectivity index is 2.08. The summed E-state index contributed by atoms with van der Waals surface area (Å²) in [5, 5.41) is 12.9. The van der Waals surface area contributed by atoms with Crippen LogP contribution in [-0.2, 0) is 19.1 Å². The molecule has 3 saturated heterocycles. The molecule has 3 rings (SSSR count). The number of ether oxygens (including phenoxy) is 1. The van der Waals surface area contributed by atoms with Crippen molar-refractivity contribution in [3.8, 4) is 0 Å². The largest absolute Gasteiger partial charge is 0.466 e. The Labute approximate surface area is 184 Å². The lowest BCUT2D eigenvalue weighted by atomic mass is 9.71. The van der Waals surface area contributed by atoms with Crippen LogP contribution in [0.1, 0.15) is 47.5 Å². The number of halogens is 1. The van der Waals surface area contributed by atoms with E-state index >= 15 is 0 Å². The average Bonchev–Trinajstić information content (AvgIpc) is 3.19. The number of esters is 1. The van der Waals surface area contributed by atoms with Gasteiger partial charge in [0.15, 0.2) is 0 Å². The highest BCUT2D eigenvalue weighted by Crippen LogP contribution is 2.68. The van der Waals surface area contributed by atoms with E-state index in [4.69, 9.17) is 4.74 Å². The van der Waals surface area contributed by atoms with Gasteiger partial charge >= 0.3 is 5.97 Å². The van der Waals surface area contributed by atoms with Gasteiger partial charge in [-0.2, -0.15) is 0 Å². The molecule has 3 aliphatic heterocycles. The normalized spacial score (nSPS) is 36.9. The Hall–Kier alpha value is -0.800. The predicted octanol–water partition coefficient (Wildman–Crippen LogP) is 1.70. The van der Waals surface area contributed by atoms with Gasteiger partial charge in [-0.15, -0.1) is 11.8 Å². The second-order valence-electron chi connectivity index (χ2n) is 9.14. The Bertz CT molecular complexity index is 695. The number of carbonyl (C=O) groups excluding carboxylic acids is 3. The van der Waals surface area contributed by atoms with E-state index in [1.54, 1.807) is 23.6 Å². The third-order valence-electron chi connectivity index (χ3n) is 6.11. The van der Waals surface area contributed by atoms with Crippen LogP contribution in [0.3, 0.4) is 0 Å². The van der Waals surface area contributed by atoms with Crippen LogP contribution >= 0.6 is 27.7 Å². The van der Waals surface area contributed by atoms with E-state index in [1.807, 2.05) is 27.7 Å². The fourth-order valence-corrected chi connectivity index (χ4v) is 8.71. The maximum absolute atomic E-state index is 13.6. The van der Waals surface area contributed by atoms with Crippen molar-refractivity contribution in [3.05, 3.63) is 0 Å². The number of nitrogens with one attached hydrogen (secondary N) is 1. The first-order chi connectivity index (χ1) is 13.5. The van der Waals surface area contributed by atoms with Gasteiger partial charge < -0.3 is 20.1 Å². The summed E-state index contributed by atoms with van der Waals surface area (Å²) in [6.07, 6.45) is 1.15. The Morgan fingerprint density at radius 3 is 2.59 bits per heavy atom. The molecule has 7 nitrogen and oxygen atoms in total. The molecule has 0 aromatic heterocycles. The second kappa shape index (κ2) is 8.04. The minimum Gasteiger partial charge on any atom is -0.466 e. The molecular formula is C20H31BrN2O5S. The van der Waals surface area contributed by atoms with Gasteiger partial charge in [0.2, 0.25) is 11.8 Å². The molecule has 9 heteroatoms. The molecule has 2 amide bonds. The van der Waals surface area contributed by atoms with E-state index in [2.05, 4.69) is 21.2 Å². The van der Waals surface area contributed by atoms with Crippen molar-refractivity contribution in [1.29, 1.82) is 0 Å². The molecule has 1 spiro atoms. The quantitative estimate of drug-likeness (QED) is 0.434. The monoisotopic (exact) mass is 490 g/mol. The molecule has 0 aromatic carbocycles. The fraction of sp³-hybridized carbons (Fsp3) is 0.850. The zero-order valence-corrected chi connectivity index (χ0v) is 20.0. The maximum Gasteiger partial charge on any atom is 0.310 e. The van der Waals surface area contributed by atoms with E-state index in [-0.39, 0.29) is 41.1 Å². The van der Waals surface area contributed by atoms with Crippen LogP contribution in [-0.4, -0.2) is 73.5 Å². The van der Waals surface area contributed by atoms with Crippen LogP contribution in [0.25, 0.3) is 0 Å². The zero-order valence-electron chi connectivity index (χ0n) is 17.6. The van der Waals surface area contributed by atoms with E-state index < -0.39 is 34.2 Å². The standard InChI is InChI=1S/C20H31BrN2O5S/c1-6-10(9-24)23-15(16(25)22-19(3,4)5)20-8-11(21)14(29-20)12(13(20)17(23)26)18(27)28-7-2/h10-15,24H,6-9H2,1-5H3,(H,22,25)/t10-,11?,12+,13-,14+,15?,20?/m0/s1. The molecule has 3 aliphatic rings. The first-order valence-electron chi connectivity index (χ1n) is 10.3. The van der Waals surface area contributed by atoms with E-state index in [1.165, 1.54) is 0 Å². The first-order valence-corrected chi connectivity index (χ1v) is 12.1. The van der Waals surface area contributed by atoms with Gasteiger partial charge in [-0.25, -0.2) is 0 Å². The van der Waals surface area contributed by atoms with Gasteiger partial charge in [0, 0.05) is 15.6 Å². The van der Waals surface area contributed by atoms with Crippen LogP contribution < -0.4 is 5.32 Å². The summed E-state index contributed by atoms with van der Waals surface area (Å²) in [7, 11) is 0. The summed E-state index contributed by atoms with van der Waals surface area (Å²) in [5.74, 6) is -2.01. The van der Waals surface area contributed by atoms with Gasteiger partial charge in [-0.3, -0.25) is 14.4 Å². The number of aliphatic hydroxyl groups excluding tert-OH is 1. The van der Waals surface area contributed by atoms with Crippen molar-refractivity contribution in [2.24, 2.45) is 11.8 Å². The lowest BCUT2D eigenvalue weighted by Gasteiger charge is -2.38. The minimum atomic E-state index is -0.731. The van der Waals surface area contributed by atoms with Crippen LogP contribution in [0.5, 0.6) is 0 Å². The lowest BCUT2D eigenvalue weighted by Crippen LogP contribution is -2.59. The summed E-state index contributed by atoms with van der Waals surface area (Å²) >= 11 is 5.27.